The first kappa shape index (κ1) is 21.0. The third-order valence-corrected chi connectivity index (χ3v) is 4.24. The number of carbonyl (C=O) groups is 2. The molecular weight excluding hydrogens is 350 g/mol. The van der Waals surface area contributed by atoms with Crippen LogP contribution in [0.5, 0.6) is 11.5 Å². The van der Waals surface area contributed by atoms with Crippen LogP contribution in [0, 0.1) is 0 Å². The number of rotatable bonds is 10. The smallest absolute Gasteiger partial charge is 0.306 e. The van der Waals surface area contributed by atoms with Gasteiger partial charge >= 0.3 is 5.97 Å². The number of carboxylic acid groups (broad SMARTS) is 1. The lowest BCUT2D eigenvalue weighted by Gasteiger charge is -2.32. The first-order valence-corrected chi connectivity index (χ1v) is 9.57. The summed E-state index contributed by atoms with van der Waals surface area (Å²) in [5.41, 5.74) is 0.464. The van der Waals surface area contributed by atoms with Gasteiger partial charge in [-0.3, -0.25) is 9.59 Å². The molecular formula is C20H29NO6. The molecule has 27 heavy (non-hydrogen) atoms. The van der Waals surface area contributed by atoms with Crippen LogP contribution in [0.25, 0.3) is 0 Å². The van der Waals surface area contributed by atoms with Crippen molar-refractivity contribution >= 4 is 11.9 Å². The van der Waals surface area contributed by atoms with Crippen molar-refractivity contribution in [1.29, 1.82) is 0 Å². The van der Waals surface area contributed by atoms with Crippen LogP contribution in [-0.2, 0) is 9.53 Å². The highest BCUT2D eigenvalue weighted by Gasteiger charge is 2.28. The van der Waals surface area contributed by atoms with Gasteiger partial charge in [0.15, 0.2) is 0 Å². The molecule has 1 aromatic rings. The Morgan fingerprint density at radius 2 is 2.04 bits per heavy atom. The number of carboxylic acids is 1. The number of hydrogen-bond acceptors (Lipinski definition) is 5. The molecule has 150 valence electrons. The zero-order valence-corrected chi connectivity index (χ0v) is 16.1. The molecule has 1 fully saturated rings. The Morgan fingerprint density at radius 3 is 2.74 bits per heavy atom. The minimum absolute atomic E-state index is 0.118. The van der Waals surface area contributed by atoms with Crippen molar-refractivity contribution in [3.8, 4) is 11.5 Å². The molecule has 1 unspecified atom stereocenters. The highest BCUT2D eigenvalue weighted by Crippen LogP contribution is 2.27. The minimum Gasteiger partial charge on any atom is -0.493 e. The normalized spacial score (nSPS) is 16.8. The number of morpholine rings is 1. The average molecular weight is 379 g/mol. The van der Waals surface area contributed by atoms with Gasteiger partial charge in [0.2, 0.25) is 0 Å². The summed E-state index contributed by atoms with van der Waals surface area (Å²) >= 11 is 0. The van der Waals surface area contributed by atoms with E-state index in [1.54, 1.807) is 23.1 Å². The molecule has 0 aliphatic carbocycles. The molecule has 1 aliphatic heterocycles. The van der Waals surface area contributed by atoms with Gasteiger partial charge < -0.3 is 24.2 Å². The molecule has 0 aromatic heterocycles. The number of aliphatic carboxylic acids is 1. The van der Waals surface area contributed by atoms with E-state index in [2.05, 4.69) is 6.92 Å². The third-order valence-electron chi connectivity index (χ3n) is 4.24. The van der Waals surface area contributed by atoms with Crippen LogP contribution >= 0.6 is 0 Å². The molecule has 0 spiro atoms. The lowest BCUT2D eigenvalue weighted by atomic mass is 10.1. The number of benzene rings is 1. The van der Waals surface area contributed by atoms with Crippen molar-refractivity contribution in [3.05, 3.63) is 23.8 Å². The number of hydrogen-bond donors (Lipinski definition) is 1. The Hall–Kier alpha value is -2.28. The first-order valence-electron chi connectivity index (χ1n) is 9.57. The van der Waals surface area contributed by atoms with Gasteiger partial charge in [-0.15, -0.1) is 0 Å². The van der Waals surface area contributed by atoms with E-state index in [4.69, 9.17) is 19.3 Å². The van der Waals surface area contributed by atoms with E-state index in [0.717, 1.165) is 19.3 Å². The second-order valence-corrected chi connectivity index (χ2v) is 6.55. The van der Waals surface area contributed by atoms with Gasteiger partial charge in [0.1, 0.15) is 11.5 Å². The third kappa shape index (κ3) is 6.43. The molecule has 1 amide bonds. The Morgan fingerprint density at radius 1 is 1.22 bits per heavy atom. The van der Waals surface area contributed by atoms with Gasteiger partial charge in [0, 0.05) is 19.2 Å². The molecule has 1 aromatic carbocycles. The summed E-state index contributed by atoms with van der Waals surface area (Å²) in [5, 5.41) is 8.96. The molecule has 1 atom stereocenters. The van der Waals surface area contributed by atoms with E-state index in [1.165, 1.54) is 0 Å². The first-order chi connectivity index (χ1) is 13.0. The molecule has 1 aliphatic rings. The van der Waals surface area contributed by atoms with Crippen molar-refractivity contribution < 1.29 is 28.9 Å². The maximum atomic E-state index is 13.0. The predicted molar refractivity (Wildman–Crippen MR) is 101 cm³/mol. The van der Waals surface area contributed by atoms with Crippen LogP contribution < -0.4 is 9.47 Å². The van der Waals surface area contributed by atoms with Crippen LogP contribution in [0.2, 0.25) is 0 Å². The monoisotopic (exact) mass is 379 g/mol. The summed E-state index contributed by atoms with van der Waals surface area (Å²) < 4.78 is 17.0. The Labute approximate surface area is 160 Å². The van der Waals surface area contributed by atoms with E-state index in [0.29, 0.717) is 43.4 Å². The second-order valence-electron chi connectivity index (χ2n) is 6.55. The van der Waals surface area contributed by atoms with Gasteiger partial charge in [0.05, 0.1) is 37.9 Å². The molecule has 7 heteroatoms. The van der Waals surface area contributed by atoms with E-state index < -0.39 is 12.1 Å². The van der Waals surface area contributed by atoms with Gasteiger partial charge in [-0.1, -0.05) is 20.3 Å². The summed E-state index contributed by atoms with van der Waals surface area (Å²) in [6.07, 6.45) is 2.18. The fourth-order valence-electron chi connectivity index (χ4n) is 2.83. The van der Waals surface area contributed by atoms with E-state index in [-0.39, 0.29) is 18.9 Å². The Bertz CT molecular complexity index is 633. The quantitative estimate of drug-likeness (QED) is 0.629. The Kier molecular flexibility index (Phi) is 8.39. The maximum absolute atomic E-state index is 13.0. The van der Waals surface area contributed by atoms with Crippen molar-refractivity contribution in [1.82, 2.24) is 4.90 Å². The molecule has 1 saturated heterocycles. The highest BCUT2D eigenvalue weighted by molar-refractivity contribution is 5.97. The van der Waals surface area contributed by atoms with Crippen LogP contribution in [0.4, 0.5) is 0 Å². The number of ether oxygens (including phenoxy) is 3. The molecule has 0 radical (unpaired) electrons. The molecule has 1 heterocycles. The zero-order chi connectivity index (χ0) is 19.6. The highest BCUT2D eigenvalue weighted by atomic mass is 16.5. The van der Waals surface area contributed by atoms with Gasteiger partial charge in [-0.25, -0.2) is 0 Å². The number of carbonyl (C=O) groups excluding carboxylic acids is 1. The van der Waals surface area contributed by atoms with Crippen molar-refractivity contribution in [2.45, 2.75) is 45.6 Å². The summed E-state index contributed by atoms with van der Waals surface area (Å²) in [7, 11) is 0. The van der Waals surface area contributed by atoms with Gasteiger partial charge in [-0.05, 0) is 25.0 Å². The lowest BCUT2D eigenvalue weighted by molar-refractivity contribution is -0.141. The standard InChI is InChI=1S/C20H29NO6/c1-3-5-10-27-18-12-15(25-9-4-2)6-7-17(18)20(24)21-8-11-26-16(14-21)13-19(22)23/h6-7,12,16H,3-5,8-11,13-14H2,1-2H3,(H,22,23). The SMILES string of the molecule is CCCCOc1cc(OCCC)ccc1C(=O)N1CCOC(CC(=O)O)C1. The number of unbranched alkanes of at least 4 members (excludes halogenated alkanes) is 1. The lowest BCUT2D eigenvalue weighted by Crippen LogP contribution is -2.46. The van der Waals surface area contributed by atoms with Crippen LogP contribution in [0.15, 0.2) is 18.2 Å². The molecule has 7 nitrogen and oxygen atoms in total. The molecule has 0 bridgehead atoms. The Balaban J connectivity index is 2.15. The molecule has 0 saturated carbocycles. The number of nitrogens with zero attached hydrogens (tertiary/aromatic N) is 1. The van der Waals surface area contributed by atoms with Crippen molar-refractivity contribution in [2.24, 2.45) is 0 Å². The van der Waals surface area contributed by atoms with Gasteiger partial charge in [-0.2, -0.15) is 0 Å². The molecule has 2 rings (SSSR count). The summed E-state index contributed by atoms with van der Waals surface area (Å²) in [6, 6.07) is 5.24. The minimum atomic E-state index is -0.935. The topological polar surface area (TPSA) is 85.3 Å². The van der Waals surface area contributed by atoms with Gasteiger partial charge in [0.25, 0.3) is 5.91 Å². The predicted octanol–water partition coefficient (Wildman–Crippen LogP) is 2.97. The zero-order valence-electron chi connectivity index (χ0n) is 16.1. The van der Waals surface area contributed by atoms with Crippen molar-refractivity contribution in [3.63, 3.8) is 0 Å². The average Bonchev–Trinajstić information content (AvgIpc) is 2.66. The largest absolute Gasteiger partial charge is 0.493 e. The fraction of sp³-hybridized carbons (Fsp3) is 0.600. The van der Waals surface area contributed by atoms with Crippen LogP contribution in [0.3, 0.4) is 0 Å². The number of amides is 1. The van der Waals surface area contributed by atoms with E-state index in [9.17, 15) is 9.59 Å². The summed E-state index contributed by atoms with van der Waals surface area (Å²) in [6.45, 7) is 6.24. The van der Waals surface area contributed by atoms with Crippen LogP contribution in [0.1, 0.15) is 49.9 Å². The van der Waals surface area contributed by atoms with E-state index in [1.807, 2.05) is 6.92 Å². The fourth-order valence-corrected chi connectivity index (χ4v) is 2.83. The maximum Gasteiger partial charge on any atom is 0.306 e. The summed E-state index contributed by atoms with van der Waals surface area (Å²) in [4.78, 5) is 25.6. The second kappa shape index (κ2) is 10.8. The summed E-state index contributed by atoms with van der Waals surface area (Å²) in [5.74, 6) is 0.0616. The van der Waals surface area contributed by atoms with Crippen molar-refractivity contribution in [2.75, 3.05) is 32.9 Å². The van der Waals surface area contributed by atoms with Crippen LogP contribution in [-0.4, -0.2) is 60.9 Å². The van der Waals surface area contributed by atoms with E-state index >= 15 is 0 Å². The molecule has 1 N–H and O–H groups in total.